The predicted molar refractivity (Wildman–Crippen MR) is 109 cm³/mol. The Labute approximate surface area is 159 Å². The van der Waals surface area contributed by atoms with Gasteiger partial charge in [-0.3, -0.25) is 9.79 Å². The molecule has 5 nitrogen and oxygen atoms in total. The molecule has 1 aliphatic rings. The second-order valence-corrected chi connectivity index (χ2v) is 7.74. The summed E-state index contributed by atoms with van der Waals surface area (Å²) in [5.41, 5.74) is 0.768. The van der Waals surface area contributed by atoms with Crippen molar-refractivity contribution in [3.63, 3.8) is 0 Å². The van der Waals surface area contributed by atoms with Gasteiger partial charge in [-0.15, -0.1) is 0 Å². The lowest BCUT2D eigenvalue weighted by atomic mass is 10.2. The van der Waals surface area contributed by atoms with Crippen molar-refractivity contribution in [3.8, 4) is 0 Å². The van der Waals surface area contributed by atoms with Crippen LogP contribution in [0, 0.1) is 0 Å². The Kier molecular flexibility index (Phi) is 8.41. The number of guanidine groups is 1. The number of anilines is 1. The number of amides is 1. The van der Waals surface area contributed by atoms with E-state index in [4.69, 9.17) is 11.6 Å². The smallest absolute Gasteiger partial charge is 0.224 e. The first kappa shape index (κ1) is 19.9. The molecule has 1 aromatic carbocycles. The summed E-state index contributed by atoms with van der Waals surface area (Å²) in [6.45, 7) is 0.715. The molecule has 138 valence electrons. The van der Waals surface area contributed by atoms with Crippen LogP contribution in [-0.4, -0.2) is 43.0 Å². The van der Waals surface area contributed by atoms with E-state index in [1.54, 1.807) is 31.3 Å². The van der Waals surface area contributed by atoms with E-state index in [0.29, 0.717) is 24.0 Å². The summed E-state index contributed by atoms with van der Waals surface area (Å²) in [5.74, 6) is 0.829. The minimum atomic E-state index is 0.00525. The minimum absolute atomic E-state index is 0.00525. The molecule has 1 saturated carbocycles. The van der Waals surface area contributed by atoms with Crippen molar-refractivity contribution in [1.29, 1.82) is 0 Å². The van der Waals surface area contributed by atoms with E-state index in [0.717, 1.165) is 23.3 Å². The zero-order valence-corrected chi connectivity index (χ0v) is 16.4. The molecule has 1 aliphatic carbocycles. The molecule has 2 atom stereocenters. The zero-order chi connectivity index (χ0) is 18.1. The Hall–Kier alpha value is -1.40. The van der Waals surface area contributed by atoms with E-state index in [9.17, 15) is 4.79 Å². The van der Waals surface area contributed by atoms with Gasteiger partial charge in [0.15, 0.2) is 5.96 Å². The molecule has 7 heteroatoms. The molecular formula is C18H27ClN4OS. The fourth-order valence-electron chi connectivity index (χ4n) is 2.89. The summed E-state index contributed by atoms with van der Waals surface area (Å²) in [4.78, 5) is 16.2. The van der Waals surface area contributed by atoms with E-state index in [2.05, 4.69) is 27.2 Å². The third kappa shape index (κ3) is 7.16. The standard InChI is InChI=1S/C18H27ClN4OS/c1-20-18(23-15-9-10-16(12-15)25-2)21-11-3-4-17(24)22-14-7-5-13(19)6-8-14/h5-8,15-16H,3-4,9-12H2,1-2H3,(H,22,24)(H2,20,21,23). The van der Waals surface area contributed by atoms with Crippen LogP contribution >= 0.6 is 23.4 Å². The summed E-state index contributed by atoms with van der Waals surface area (Å²) < 4.78 is 0. The fourth-order valence-corrected chi connectivity index (χ4v) is 3.81. The van der Waals surface area contributed by atoms with Crippen molar-refractivity contribution in [2.45, 2.75) is 43.4 Å². The summed E-state index contributed by atoms with van der Waals surface area (Å²) in [7, 11) is 1.78. The summed E-state index contributed by atoms with van der Waals surface area (Å²) in [6.07, 6.45) is 7.03. The van der Waals surface area contributed by atoms with Crippen molar-refractivity contribution >= 4 is 40.9 Å². The highest BCUT2D eigenvalue weighted by molar-refractivity contribution is 7.99. The lowest BCUT2D eigenvalue weighted by molar-refractivity contribution is -0.116. The quantitative estimate of drug-likeness (QED) is 0.383. The van der Waals surface area contributed by atoms with E-state index in [1.807, 2.05) is 11.8 Å². The molecule has 0 aromatic heterocycles. The molecule has 0 radical (unpaired) electrons. The Morgan fingerprint density at radius 3 is 2.72 bits per heavy atom. The van der Waals surface area contributed by atoms with Crippen LogP contribution in [0.1, 0.15) is 32.1 Å². The van der Waals surface area contributed by atoms with Gasteiger partial charge >= 0.3 is 0 Å². The number of hydrogen-bond donors (Lipinski definition) is 3. The lowest BCUT2D eigenvalue weighted by Gasteiger charge is -2.17. The minimum Gasteiger partial charge on any atom is -0.356 e. The topological polar surface area (TPSA) is 65.5 Å². The summed E-state index contributed by atoms with van der Waals surface area (Å²) in [5, 5.41) is 11.0. The first-order valence-electron chi connectivity index (χ1n) is 8.66. The van der Waals surface area contributed by atoms with Crippen molar-refractivity contribution in [2.24, 2.45) is 4.99 Å². The Balaban J connectivity index is 1.62. The highest BCUT2D eigenvalue weighted by Crippen LogP contribution is 2.27. The van der Waals surface area contributed by atoms with E-state index in [1.165, 1.54) is 19.3 Å². The van der Waals surface area contributed by atoms with Gasteiger partial charge in [-0.05, 0) is 56.2 Å². The molecule has 0 aliphatic heterocycles. The molecule has 3 N–H and O–H groups in total. The average molecular weight is 383 g/mol. The highest BCUT2D eigenvalue weighted by atomic mass is 35.5. The van der Waals surface area contributed by atoms with Crippen LogP contribution in [0.3, 0.4) is 0 Å². The monoisotopic (exact) mass is 382 g/mol. The number of thioether (sulfide) groups is 1. The van der Waals surface area contributed by atoms with Gasteiger partial charge < -0.3 is 16.0 Å². The molecule has 2 rings (SSSR count). The predicted octanol–water partition coefficient (Wildman–Crippen LogP) is 3.51. The number of carbonyl (C=O) groups excluding carboxylic acids is 1. The highest BCUT2D eigenvalue weighted by Gasteiger charge is 2.24. The molecule has 0 spiro atoms. The molecule has 0 heterocycles. The van der Waals surface area contributed by atoms with Crippen LogP contribution in [0.25, 0.3) is 0 Å². The Morgan fingerprint density at radius 1 is 1.32 bits per heavy atom. The lowest BCUT2D eigenvalue weighted by Crippen LogP contribution is -2.43. The fraction of sp³-hybridized carbons (Fsp3) is 0.556. The second-order valence-electron chi connectivity index (χ2n) is 6.17. The van der Waals surface area contributed by atoms with Gasteiger partial charge in [-0.1, -0.05) is 11.6 Å². The summed E-state index contributed by atoms with van der Waals surface area (Å²) in [6, 6.07) is 7.62. The van der Waals surface area contributed by atoms with Gasteiger partial charge in [-0.25, -0.2) is 0 Å². The molecule has 1 fully saturated rings. The number of carbonyl (C=O) groups is 1. The molecule has 0 bridgehead atoms. The van der Waals surface area contributed by atoms with Gasteiger partial charge in [0.25, 0.3) is 0 Å². The number of benzene rings is 1. The van der Waals surface area contributed by atoms with Crippen molar-refractivity contribution in [3.05, 3.63) is 29.3 Å². The molecule has 1 aromatic rings. The van der Waals surface area contributed by atoms with Crippen LogP contribution < -0.4 is 16.0 Å². The van der Waals surface area contributed by atoms with Crippen LogP contribution in [0.5, 0.6) is 0 Å². The van der Waals surface area contributed by atoms with Gasteiger partial charge in [0.2, 0.25) is 5.91 Å². The van der Waals surface area contributed by atoms with Gasteiger partial charge in [0, 0.05) is 42.0 Å². The number of nitrogens with zero attached hydrogens (tertiary/aromatic N) is 1. The number of halogens is 1. The number of aliphatic imine (C=N–C) groups is 1. The Morgan fingerprint density at radius 2 is 2.08 bits per heavy atom. The SMILES string of the molecule is CN=C(NCCCC(=O)Nc1ccc(Cl)cc1)NC1CCC(SC)C1. The Bertz CT molecular complexity index is 579. The number of rotatable bonds is 7. The second kappa shape index (κ2) is 10.6. The normalized spacial score (nSPS) is 20.4. The molecule has 25 heavy (non-hydrogen) atoms. The average Bonchev–Trinajstić information content (AvgIpc) is 3.07. The van der Waals surface area contributed by atoms with E-state index >= 15 is 0 Å². The third-order valence-electron chi connectivity index (χ3n) is 4.28. The molecule has 1 amide bonds. The van der Waals surface area contributed by atoms with Gasteiger partial charge in [-0.2, -0.15) is 11.8 Å². The maximum absolute atomic E-state index is 11.9. The maximum Gasteiger partial charge on any atom is 0.224 e. The molecule has 2 unspecified atom stereocenters. The summed E-state index contributed by atoms with van der Waals surface area (Å²) >= 11 is 7.78. The van der Waals surface area contributed by atoms with Crippen LogP contribution in [0.4, 0.5) is 5.69 Å². The third-order valence-corrected chi connectivity index (χ3v) is 5.63. The zero-order valence-electron chi connectivity index (χ0n) is 14.8. The van der Waals surface area contributed by atoms with E-state index in [-0.39, 0.29) is 5.91 Å². The largest absolute Gasteiger partial charge is 0.356 e. The number of nitrogens with one attached hydrogen (secondary N) is 3. The first-order chi connectivity index (χ1) is 12.1. The maximum atomic E-state index is 11.9. The van der Waals surface area contributed by atoms with Crippen molar-refractivity contribution in [1.82, 2.24) is 10.6 Å². The first-order valence-corrected chi connectivity index (χ1v) is 10.3. The van der Waals surface area contributed by atoms with Crippen molar-refractivity contribution < 1.29 is 4.79 Å². The molecule has 0 saturated heterocycles. The molecular weight excluding hydrogens is 356 g/mol. The van der Waals surface area contributed by atoms with Gasteiger partial charge in [0.05, 0.1) is 0 Å². The van der Waals surface area contributed by atoms with Gasteiger partial charge in [0.1, 0.15) is 0 Å². The van der Waals surface area contributed by atoms with Crippen molar-refractivity contribution in [2.75, 3.05) is 25.2 Å². The van der Waals surface area contributed by atoms with Crippen LogP contribution in [0.15, 0.2) is 29.3 Å². The van der Waals surface area contributed by atoms with E-state index < -0.39 is 0 Å². The number of hydrogen-bond acceptors (Lipinski definition) is 3. The van der Waals surface area contributed by atoms with Crippen LogP contribution in [-0.2, 0) is 4.79 Å². The van der Waals surface area contributed by atoms with Crippen LogP contribution in [0.2, 0.25) is 5.02 Å².